The first kappa shape index (κ1) is 21.8. The Morgan fingerprint density at radius 2 is 2.14 bits per heavy atom. The summed E-state index contributed by atoms with van der Waals surface area (Å²) in [4.78, 5) is 14.5. The summed E-state index contributed by atoms with van der Waals surface area (Å²) in [5.41, 5.74) is 0.292. The fraction of sp³-hybridized carbons (Fsp3) is 0.421. The number of nitrogens with one attached hydrogen (secondary N) is 1. The van der Waals surface area contributed by atoms with Crippen LogP contribution in [0.2, 0.25) is 5.02 Å². The number of halogens is 2. The van der Waals surface area contributed by atoms with Crippen molar-refractivity contribution in [3.8, 4) is 0 Å². The van der Waals surface area contributed by atoms with Gasteiger partial charge in [-0.3, -0.25) is 9.69 Å². The van der Waals surface area contributed by atoms with Crippen LogP contribution in [0.15, 0.2) is 39.8 Å². The molecule has 1 aliphatic rings. The lowest BCUT2D eigenvalue weighted by Gasteiger charge is -2.38. The van der Waals surface area contributed by atoms with Gasteiger partial charge in [-0.1, -0.05) is 17.7 Å². The molecule has 1 N–H and O–H groups in total. The van der Waals surface area contributed by atoms with Crippen LogP contribution in [0.5, 0.6) is 0 Å². The smallest absolute Gasteiger partial charge is 0.287 e. The molecule has 1 amide bonds. The lowest BCUT2D eigenvalue weighted by molar-refractivity contribution is -0.0346. The first-order valence-corrected chi connectivity index (χ1v) is 11.3. The fourth-order valence-corrected chi connectivity index (χ4v) is 4.13. The highest BCUT2D eigenvalue weighted by Gasteiger charge is 2.30. The van der Waals surface area contributed by atoms with E-state index in [0.29, 0.717) is 25.3 Å². The number of ether oxygens (including phenoxy) is 1. The Morgan fingerprint density at radius 3 is 2.76 bits per heavy atom. The van der Waals surface area contributed by atoms with Gasteiger partial charge in [0.15, 0.2) is 5.76 Å². The zero-order chi connectivity index (χ0) is 21.2. The fourth-order valence-electron chi connectivity index (χ4n) is 3.29. The molecule has 1 aromatic carbocycles. The second kappa shape index (κ2) is 8.83. The van der Waals surface area contributed by atoms with Crippen LogP contribution >= 0.6 is 11.6 Å². The predicted octanol–water partition coefficient (Wildman–Crippen LogP) is 2.67. The number of rotatable bonds is 6. The number of sulfone groups is 1. The lowest BCUT2D eigenvalue weighted by atomic mass is 10.0. The standard InChI is InChI=1S/C19H22ClFN2O5S/c1-12-11-23(8-9-27-12)15(18-13(20)4-3-5-14(18)21)10-22-19(24)16-6-7-17(28-16)29(2,25)26/h3-7,12,15H,8-11H2,1-2H3,(H,22,24). The maximum Gasteiger partial charge on any atom is 0.287 e. The summed E-state index contributed by atoms with van der Waals surface area (Å²) >= 11 is 6.27. The van der Waals surface area contributed by atoms with Crippen molar-refractivity contribution in [3.63, 3.8) is 0 Å². The third-order valence-electron chi connectivity index (χ3n) is 4.67. The summed E-state index contributed by atoms with van der Waals surface area (Å²) in [6.45, 7) is 3.55. The second-order valence-corrected chi connectivity index (χ2v) is 9.28. The van der Waals surface area contributed by atoms with Gasteiger partial charge in [0.2, 0.25) is 14.9 Å². The number of carbonyl (C=O) groups is 1. The zero-order valence-electron chi connectivity index (χ0n) is 16.0. The zero-order valence-corrected chi connectivity index (χ0v) is 17.6. The molecule has 2 heterocycles. The monoisotopic (exact) mass is 444 g/mol. The molecular formula is C19H22ClFN2O5S. The summed E-state index contributed by atoms with van der Waals surface area (Å²) in [7, 11) is -3.56. The van der Waals surface area contributed by atoms with Gasteiger partial charge in [0, 0.05) is 36.5 Å². The van der Waals surface area contributed by atoms with Crippen LogP contribution in [-0.4, -0.2) is 57.8 Å². The molecule has 1 fully saturated rings. The van der Waals surface area contributed by atoms with Gasteiger partial charge in [-0.15, -0.1) is 0 Å². The largest absolute Gasteiger partial charge is 0.440 e. The van der Waals surface area contributed by atoms with Crippen LogP contribution in [0.4, 0.5) is 4.39 Å². The van der Waals surface area contributed by atoms with E-state index in [0.717, 1.165) is 6.26 Å². The summed E-state index contributed by atoms with van der Waals surface area (Å²) in [6, 6.07) is 6.43. The van der Waals surface area contributed by atoms with Crippen LogP contribution in [0, 0.1) is 5.82 Å². The molecule has 29 heavy (non-hydrogen) atoms. The van der Waals surface area contributed by atoms with E-state index >= 15 is 0 Å². The van der Waals surface area contributed by atoms with Crippen molar-refractivity contribution in [2.24, 2.45) is 0 Å². The van der Waals surface area contributed by atoms with E-state index in [9.17, 15) is 17.6 Å². The van der Waals surface area contributed by atoms with Crippen LogP contribution in [0.25, 0.3) is 0 Å². The number of nitrogens with zero attached hydrogens (tertiary/aromatic N) is 1. The van der Waals surface area contributed by atoms with Gasteiger partial charge < -0.3 is 14.5 Å². The van der Waals surface area contributed by atoms with Gasteiger partial charge in [0.05, 0.1) is 18.8 Å². The minimum atomic E-state index is -3.56. The van der Waals surface area contributed by atoms with Gasteiger partial charge in [-0.25, -0.2) is 12.8 Å². The predicted molar refractivity (Wildman–Crippen MR) is 105 cm³/mol. The molecule has 10 heteroatoms. The van der Waals surface area contributed by atoms with E-state index < -0.39 is 27.6 Å². The molecule has 2 atom stereocenters. The average molecular weight is 445 g/mol. The number of benzene rings is 1. The van der Waals surface area contributed by atoms with Crippen molar-refractivity contribution in [3.05, 3.63) is 52.5 Å². The highest BCUT2D eigenvalue weighted by molar-refractivity contribution is 7.90. The highest BCUT2D eigenvalue weighted by atomic mass is 35.5. The molecule has 0 saturated carbocycles. The molecule has 0 radical (unpaired) electrons. The number of morpholine rings is 1. The summed E-state index contributed by atoms with van der Waals surface area (Å²) in [5.74, 6) is -1.20. The van der Waals surface area contributed by atoms with E-state index in [4.69, 9.17) is 20.8 Å². The van der Waals surface area contributed by atoms with Gasteiger partial charge >= 0.3 is 0 Å². The van der Waals surface area contributed by atoms with Crippen LogP contribution in [-0.2, 0) is 14.6 Å². The van der Waals surface area contributed by atoms with E-state index in [1.54, 1.807) is 6.07 Å². The normalized spacial score (nSPS) is 19.1. The minimum Gasteiger partial charge on any atom is -0.440 e. The van der Waals surface area contributed by atoms with Crippen molar-refractivity contribution in [2.75, 3.05) is 32.5 Å². The Kier molecular flexibility index (Phi) is 6.62. The average Bonchev–Trinajstić information content (AvgIpc) is 3.14. The molecule has 1 saturated heterocycles. The molecular weight excluding hydrogens is 423 g/mol. The van der Waals surface area contributed by atoms with Crippen LogP contribution in [0.3, 0.4) is 0 Å². The van der Waals surface area contributed by atoms with Crippen LogP contribution in [0.1, 0.15) is 29.1 Å². The number of amides is 1. The van der Waals surface area contributed by atoms with Crippen molar-refractivity contribution in [2.45, 2.75) is 24.2 Å². The van der Waals surface area contributed by atoms with E-state index in [1.807, 2.05) is 11.8 Å². The maximum absolute atomic E-state index is 14.6. The molecule has 0 bridgehead atoms. The lowest BCUT2D eigenvalue weighted by Crippen LogP contribution is -2.46. The third kappa shape index (κ3) is 5.16. The Hall–Kier alpha value is -1.94. The Morgan fingerprint density at radius 1 is 1.38 bits per heavy atom. The molecule has 0 aliphatic carbocycles. The Labute approximate surface area is 173 Å². The van der Waals surface area contributed by atoms with Crippen LogP contribution < -0.4 is 5.32 Å². The maximum atomic E-state index is 14.6. The molecule has 2 aromatic rings. The summed E-state index contributed by atoms with van der Waals surface area (Å²) in [6.07, 6.45) is 0.943. The summed E-state index contributed by atoms with van der Waals surface area (Å²) < 4.78 is 48.3. The SMILES string of the molecule is CC1CN(C(CNC(=O)c2ccc(S(C)(=O)=O)o2)c2c(F)cccc2Cl)CCO1. The number of carbonyl (C=O) groups excluding carboxylic acids is 1. The molecule has 2 unspecified atom stereocenters. The van der Waals surface area contributed by atoms with Crippen molar-refractivity contribution < 1.29 is 26.8 Å². The second-order valence-electron chi connectivity index (χ2n) is 6.93. The van der Waals surface area contributed by atoms with E-state index in [2.05, 4.69) is 5.32 Å². The number of hydrogen-bond acceptors (Lipinski definition) is 6. The molecule has 158 valence electrons. The first-order valence-electron chi connectivity index (χ1n) is 9.04. The highest BCUT2D eigenvalue weighted by Crippen LogP contribution is 2.31. The van der Waals surface area contributed by atoms with E-state index in [-0.39, 0.29) is 28.5 Å². The van der Waals surface area contributed by atoms with Gasteiger partial charge in [0.1, 0.15) is 5.82 Å². The van der Waals surface area contributed by atoms with Gasteiger partial charge in [0.25, 0.3) is 5.91 Å². The van der Waals surface area contributed by atoms with Crippen molar-refractivity contribution in [1.29, 1.82) is 0 Å². The first-order chi connectivity index (χ1) is 13.7. The van der Waals surface area contributed by atoms with Crippen molar-refractivity contribution >= 4 is 27.3 Å². The molecule has 3 rings (SSSR count). The Balaban J connectivity index is 1.82. The quantitative estimate of drug-likeness (QED) is 0.736. The van der Waals surface area contributed by atoms with Gasteiger partial charge in [-0.05, 0) is 31.2 Å². The number of furan rings is 1. The third-order valence-corrected chi connectivity index (χ3v) is 5.95. The molecule has 0 spiro atoms. The molecule has 7 nitrogen and oxygen atoms in total. The van der Waals surface area contributed by atoms with Crippen molar-refractivity contribution in [1.82, 2.24) is 10.2 Å². The van der Waals surface area contributed by atoms with Gasteiger partial charge in [-0.2, -0.15) is 0 Å². The minimum absolute atomic E-state index is 0.0464. The van der Waals surface area contributed by atoms with E-state index in [1.165, 1.54) is 24.3 Å². The summed E-state index contributed by atoms with van der Waals surface area (Å²) in [5, 5.41) is 2.66. The topological polar surface area (TPSA) is 88.9 Å². The Bertz CT molecular complexity index is 974. The molecule has 1 aromatic heterocycles. The molecule has 1 aliphatic heterocycles. The number of hydrogen-bond donors (Lipinski definition) is 1.